The maximum atomic E-state index is 2.37. The zero-order chi connectivity index (χ0) is 10.6. The van der Waals surface area contributed by atoms with Crippen LogP contribution in [0.3, 0.4) is 0 Å². The standard InChI is InChI=1S/C13H26/c1-10(2)11(3)8-9-12(4)13(5,6)7/h8-12H,1-7H3/b9-8+/t11-,12+/m1/s1. The van der Waals surface area contributed by atoms with E-state index in [1.54, 1.807) is 0 Å². The van der Waals surface area contributed by atoms with Crippen LogP contribution in [-0.2, 0) is 0 Å². The fraction of sp³-hybridized carbons (Fsp3) is 0.846. The Bertz CT molecular complexity index is 157. The summed E-state index contributed by atoms with van der Waals surface area (Å²) in [7, 11) is 0. The molecule has 13 heavy (non-hydrogen) atoms. The molecule has 0 aromatic carbocycles. The molecule has 0 bridgehead atoms. The van der Waals surface area contributed by atoms with E-state index in [-0.39, 0.29) is 0 Å². The Hall–Kier alpha value is -0.260. The Morgan fingerprint density at radius 1 is 0.846 bits per heavy atom. The quantitative estimate of drug-likeness (QED) is 0.563. The minimum Gasteiger partial charge on any atom is -0.0852 e. The Labute approximate surface area is 84.4 Å². The molecule has 0 aromatic heterocycles. The molecule has 0 fully saturated rings. The zero-order valence-electron chi connectivity index (χ0n) is 10.4. The molecule has 0 N–H and O–H groups in total. The van der Waals surface area contributed by atoms with Gasteiger partial charge in [0.25, 0.3) is 0 Å². The average Bonchev–Trinajstić information content (AvgIpc) is 1.97. The van der Waals surface area contributed by atoms with Gasteiger partial charge < -0.3 is 0 Å². The fourth-order valence-corrected chi connectivity index (χ4v) is 0.853. The van der Waals surface area contributed by atoms with E-state index in [9.17, 15) is 0 Å². The van der Waals surface area contributed by atoms with Crippen LogP contribution < -0.4 is 0 Å². The van der Waals surface area contributed by atoms with Crippen LogP contribution in [0, 0.1) is 23.2 Å². The molecular weight excluding hydrogens is 156 g/mol. The predicted octanol–water partition coefficient (Wildman–Crippen LogP) is 4.52. The van der Waals surface area contributed by atoms with Crippen LogP contribution in [0.15, 0.2) is 12.2 Å². The van der Waals surface area contributed by atoms with Crippen molar-refractivity contribution in [3.05, 3.63) is 12.2 Å². The third-order valence-corrected chi connectivity index (χ3v) is 3.12. The van der Waals surface area contributed by atoms with Crippen molar-refractivity contribution in [3.63, 3.8) is 0 Å². The molecule has 0 saturated carbocycles. The summed E-state index contributed by atoms with van der Waals surface area (Å²) in [6.45, 7) is 16.0. The lowest BCUT2D eigenvalue weighted by Crippen LogP contribution is -2.15. The molecule has 0 aliphatic carbocycles. The van der Waals surface area contributed by atoms with Gasteiger partial charge in [-0.3, -0.25) is 0 Å². The zero-order valence-corrected chi connectivity index (χ0v) is 10.4. The van der Waals surface area contributed by atoms with Crippen molar-refractivity contribution in [1.82, 2.24) is 0 Å². The molecule has 0 aliphatic rings. The average molecular weight is 182 g/mol. The molecule has 2 atom stereocenters. The monoisotopic (exact) mass is 182 g/mol. The molecule has 78 valence electrons. The molecule has 0 saturated heterocycles. The summed E-state index contributed by atoms with van der Waals surface area (Å²) in [6.07, 6.45) is 4.73. The summed E-state index contributed by atoms with van der Waals surface area (Å²) in [5, 5.41) is 0. The van der Waals surface area contributed by atoms with E-state index < -0.39 is 0 Å². The van der Waals surface area contributed by atoms with Crippen LogP contribution in [0.5, 0.6) is 0 Å². The van der Waals surface area contributed by atoms with E-state index in [2.05, 4.69) is 60.6 Å². The van der Waals surface area contributed by atoms with E-state index in [0.717, 1.165) is 5.92 Å². The number of allylic oxidation sites excluding steroid dienone is 2. The van der Waals surface area contributed by atoms with Gasteiger partial charge in [0.1, 0.15) is 0 Å². The second kappa shape index (κ2) is 4.83. The first-order chi connectivity index (χ1) is 5.75. The SMILES string of the molecule is CC(C)[C@H](C)/C=C/[C@H](C)C(C)(C)C. The van der Waals surface area contributed by atoms with Crippen molar-refractivity contribution >= 4 is 0 Å². The van der Waals surface area contributed by atoms with Crippen LogP contribution in [0.25, 0.3) is 0 Å². The van der Waals surface area contributed by atoms with Crippen LogP contribution in [0.4, 0.5) is 0 Å². The van der Waals surface area contributed by atoms with E-state index in [1.165, 1.54) is 0 Å². The number of rotatable bonds is 3. The summed E-state index contributed by atoms with van der Waals surface area (Å²) in [6, 6.07) is 0. The largest absolute Gasteiger partial charge is 0.0852 e. The summed E-state index contributed by atoms with van der Waals surface area (Å²) in [5.74, 6) is 2.11. The van der Waals surface area contributed by atoms with E-state index in [1.807, 2.05) is 0 Å². The summed E-state index contributed by atoms with van der Waals surface area (Å²) < 4.78 is 0. The van der Waals surface area contributed by atoms with E-state index in [0.29, 0.717) is 17.3 Å². The van der Waals surface area contributed by atoms with Crippen LogP contribution in [0.2, 0.25) is 0 Å². The van der Waals surface area contributed by atoms with Gasteiger partial charge >= 0.3 is 0 Å². The third-order valence-electron chi connectivity index (χ3n) is 3.12. The van der Waals surface area contributed by atoms with Gasteiger partial charge in [-0.25, -0.2) is 0 Å². The molecular formula is C13H26. The fourth-order valence-electron chi connectivity index (χ4n) is 0.853. The van der Waals surface area contributed by atoms with Gasteiger partial charge in [0, 0.05) is 0 Å². The predicted molar refractivity (Wildman–Crippen MR) is 61.8 cm³/mol. The van der Waals surface area contributed by atoms with Crippen LogP contribution in [-0.4, -0.2) is 0 Å². The molecule has 0 heteroatoms. The Kier molecular flexibility index (Phi) is 4.74. The van der Waals surface area contributed by atoms with Gasteiger partial charge in [-0.05, 0) is 23.2 Å². The summed E-state index contributed by atoms with van der Waals surface area (Å²) in [5.41, 5.74) is 0.396. The normalized spacial score (nSPS) is 18.2. The van der Waals surface area contributed by atoms with Gasteiger partial charge in [0.2, 0.25) is 0 Å². The van der Waals surface area contributed by atoms with Crippen molar-refractivity contribution in [1.29, 1.82) is 0 Å². The maximum absolute atomic E-state index is 2.37. The smallest absolute Gasteiger partial charge is 0.0213 e. The topological polar surface area (TPSA) is 0 Å². The van der Waals surface area contributed by atoms with Gasteiger partial charge in [-0.15, -0.1) is 0 Å². The Morgan fingerprint density at radius 2 is 1.31 bits per heavy atom. The van der Waals surface area contributed by atoms with Gasteiger partial charge in [0.05, 0.1) is 0 Å². The minimum atomic E-state index is 0.396. The molecule has 0 nitrogen and oxygen atoms in total. The van der Waals surface area contributed by atoms with E-state index in [4.69, 9.17) is 0 Å². The highest BCUT2D eigenvalue weighted by Gasteiger charge is 2.17. The third kappa shape index (κ3) is 5.13. The molecule has 0 rings (SSSR count). The van der Waals surface area contributed by atoms with Crippen molar-refractivity contribution in [3.8, 4) is 0 Å². The first-order valence-corrected chi connectivity index (χ1v) is 5.43. The summed E-state index contributed by atoms with van der Waals surface area (Å²) in [4.78, 5) is 0. The molecule has 0 unspecified atom stereocenters. The second-order valence-electron chi connectivity index (χ2n) is 5.64. The van der Waals surface area contributed by atoms with Crippen molar-refractivity contribution < 1.29 is 0 Å². The first-order valence-electron chi connectivity index (χ1n) is 5.43. The highest BCUT2D eigenvalue weighted by Crippen LogP contribution is 2.27. The van der Waals surface area contributed by atoms with Crippen molar-refractivity contribution in [2.75, 3.05) is 0 Å². The highest BCUT2D eigenvalue weighted by atomic mass is 14.2. The molecule has 0 radical (unpaired) electrons. The lowest BCUT2D eigenvalue weighted by Gasteiger charge is -2.24. The van der Waals surface area contributed by atoms with Gasteiger partial charge in [-0.1, -0.05) is 60.6 Å². The number of hydrogen-bond donors (Lipinski definition) is 0. The maximum Gasteiger partial charge on any atom is -0.0213 e. The second-order valence-corrected chi connectivity index (χ2v) is 5.64. The molecule has 0 spiro atoms. The van der Waals surface area contributed by atoms with Crippen molar-refractivity contribution in [2.24, 2.45) is 23.2 Å². The molecule has 0 aliphatic heterocycles. The number of hydrogen-bond acceptors (Lipinski definition) is 0. The van der Waals surface area contributed by atoms with Gasteiger partial charge in [-0.2, -0.15) is 0 Å². The lowest BCUT2D eigenvalue weighted by atomic mass is 9.81. The lowest BCUT2D eigenvalue weighted by molar-refractivity contribution is 0.312. The van der Waals surface area contributed by atoms with Crippen LogP contribution in [0.1, 0.15) is 48.5 Å². The molecule has 0 heterocycles. The van der Waals surface area contributed by atoms with Crippen molar-refractivity contribution in [2.45, 2.75) is 48.5 Å². The van der Waals surface area contributed by atoms with Crippen LogP contribution >= 0.6 is 0 Å². The van der Waals surface area contributed by atoms with E-state index >= 15 is 0 Å². The molecule has 0 aromatic rings. The Morgan fingerprint density at radius 3 is 1.62 bits per heavy atom. The Balaban J connectivity index is 4.12. The first kappa shape index (κ1) is 12.7. The minimum absolute atomic E-state index is 0.396. The molecule has 0 amide bonds. The summed E-state index contributed by atoms with van der Waals surface area (Å²) >= 11 is 0. The highest BCUT2D eigenvalue weighted by molar-refractivity contribution is 4.94. The van der Waals surface area contributed by atoms with Gasteiger partial charge in [0.15, 0.2) is 0 Å².